The van der Waals surface area contributed by atoms with Gasteiger partial charge in [-0.2, -0.15) is 11.8 Å². The molecule has 18 heavy (non-hydrogen) atoms. The lowest BCUT2D eigenvalue weighted by Gasteiger charge is -2.16. The van der Waals surface area contributed by atoms with Gasteiger partial charge in [-0.1, -0.05) is 30.3 Å². The van der Waals surface area contributed by atoms with Crippen molar-refractivity contribution in [3.63, 3.8) is 0 Å². The average molecular weight is 267 g/mol. The minimum atomic E-state index is -0.830. The quantitative estimate of drug-likeness (QED) is 0.796. The molecule has 0 aliphatic heterocycles. The number of carbonyl (C=O) groups is 2. The van der Waals surface area contributed by atoms with Gasteiger partial charge < -0.3 is 10.6 Å². The fraction of sp³-hybridized carbons (Fsp3) is 0.333. The lowest BCUT2D eigenvalue weighted by atomic mass is 10.2. The summed E-state index contributed by atoms with van der Waals surface area (Å²) in [7, 11) is 1.63. The number of imide groups is 1. The van der Waals surface area contributed by atoms with E-state index in [1.807, 2.05) is 23.5 Å². The summed E-state index contributed by atoms with van der Waals surface area (Å²) in [5.74, 6) is 1.71. The lowest BCUT2D eigenvalue weighted by Crippen LogP contribution is -2.43. The van der Waals surface area contributed by atoms with E-state index >= 15 is 0 Å². The lowest BCUT2D eigenvalue weighted by molar-refractivity contribution is 0.208. The first kappa shape index (κ1) is 14.4. The molecule has 0 unspecified atom stereocenters. The number of thioether (sulfide) groups is 1. The number of primary amides is 1. The van der Waals surface area contributed by atoms with Gasteiger partial charge in [0.05, 0.1) is 0 Å². The predicted octanol–water partition coefficient (Wildman–Crippen LogP) is 1.64. The van der Waals surface area contributed by atoms with Gasteiger partial charge in [-0.3, -0.25) is 5.32 Å². The molecule has 1 rings (SSSR count). The third-order valence-electron chi connectivity index (χ3n) is 2.26. The van der Waals surface area contributed by atoms with E-state index in [1.165, 1.54) is 10.5 Å². The van der Waals surface area contributed by atoms with Crippen molar-refractivity contribution in [2.75, 3.05) is 19.3 Å². The number of carbonyl (C=O) groups excluding carboxylic acids is 2. The van der Waals surface area contributed by atoms with Crippen LogP contribution in [0.25, 0.3) is 0 Å². The summed E-state index contributed by atoms with van der Waals surface area (Å²) in [5, 5.41) is 2.02. The highest BCUT2D eigenvalue weighted by Gasteiger charge is 2.09. The molecule has 98 valence electrons. The standard InChI is InChI=1S/C12H17N3O2S/c1-15(12(17)14-11(13)16)7-8-18-9-10-5-3-2-4-6-10/h2-6H,7-9H2,1H3,(H3,13,14,16,17). The number of nitrogens with zero attached hydrogens (tertiary/aromatic N) is 1. The summed E-state index contributed by atoms with van der Waals surface area (Å²) in [6, 6.07) is 8.82. The van der Waals surface area contributed by atoms with Crippen molar-refractivity contribution in [3.8, 4) is 0 Å². The van der Waals surface area contributed by atoms with Gasteiger partial charge in [-0.05, 0) is 5.56 Å². The molecule has 0 bridgehead atoms. The fourth-order valence-corrected chi connectivity index (χ4v) is 2.24. The molecule has 0 radical (unpaired) electrons. The largest absolute Gasteiger partial charge is 0.351 e. The molecule has 0 aliphatic carbocycles. The highest BCUT2D eigenvalue weighted by Crippen LogP contribution is 2.11. The average Bonchev–Trinajstić information content (AvgIpc) is 2.34. The Morgan fingerprint density at radius 3 is 2.61 bits per heavy atom. The van der Waals surface area contributed by atoms with Crippen LogP contribution in [0.15, 0.2) is 30.3 Å². The van der Waals surface area contributed by atoms with E-state index in [0.29, 0.717) is 6.54 Å². The van der Waals surface area contributed by atoms with E-state index in [-0.39, 0.29) is 0 Å². The second-order valence-corrected chi connectivity index (χ2v) is 4.86. The molecule has 1 aromatic rings. The molecule has 0 atom stereocenters. The molecular formula is C12H17N3O2S. The zero-order valence-electron chi connectivity index (χ0n) is 10.3. The van der Waals surface area contributed by atoms with Crippen LogP contribution in [0.4, 0.5) is 9.59 Å². The van der Waals surface area contributed by atoms with E-state index in [9.17, 15) is 9.59 Å². The van der Waals surface area contributed by atoms with Crippen molar-refractivity contribution in [3.05, 3.63) is 35.9 Å². The van der Waals surface area contributed by atoms with Gasteiger partial charge in [0.25, 0.3) is 0 Å². The topological polar surface area (TPSA) is 75.4 Å². The van der Waals surface area contributed by atoms with Gasteiger partial charge in [0.15, 0.2) is 0 Å². The number of hydrogen-bond donors (Lipinski definition) is 2. The van der Waals surface area contributed by atoms with Crippen molar-refractivity contribution in [1.82, 2.24) is 10.2 Å². The Morgan fingerprint density at radius 1 is 1.33 bits per heavy atom. The van der Waals surface area contributed by atoms with E-state index in [1.54, 1.807) is 18.8 Å². The first-order valence-corrected chi connectivity index (χ1v) is 6.68. The van der Waals surface area contributed by atoms with Crippen LogP contribution in [-0.4, -0.2) is 36.3 Å². The Balaban J connectivity index is 2.18. The third kappa shape index (κ3) is 5.58. The smallest absolute Gasteiger partial charge is 0.325 e. The number of rotatable bonds is 5. The maximum atomic E-state index is 11.3. The molecule has 0 saturated carbocycles. The van der Waals surface area contributed by atoms with Crippen LogP contribution in [0.2, 0.25) is 0 Å². The predicted molar refractivity (Wildman–Crippen MR) is 73.3 cm³/mol. The minimum absolute atomic E-state index is 0.470. The van der Waals surface area contributed by atoms with Crippen LogP contribution in [-0.2, 0) is 5.75 Å². The molecule has 0 aliphatic rings. The molecule has 0 heterocycles. The van der Waals surface area contributed by atoms with Crippen LogP contribution in [0.5, 0.6) is 0 Å². The summed E-state index contributed by atoms with van der Waals surface area (Å²) in [5.41, 5.74) is 6.12. The maximum absolute atomic E-state index is 11.3. The van der Waals surface area contributed by atoms with E-state index in [4.69, 9.17) is 5.73 Å². The van der Waals surface area contributed by atoms with Crippen LogP contribution < -0.4 is 11.1 Å². The Kier molecular flexibility index (Phi) is 6.07. The first-order chi connectivity index (χ1) is 8.59. The number of nitrogens with two attached hydrogens (primary N) is 1. The molecule has 6 heteroatoms. The Labute approximate surface area is 111 Å². The molecule has 4 amide bonds. The van der Waals surface area contributed by atoms with Crippen LogP contribution in [0.3, 0.4) is 0 Å². The van der Waals surface area contributed by atoms with Gasteiger partial charge >= 0.3 is 12.1 Å². The summed E-state index contributed by atoms with van der Waals surface area (Å²) in [6.07, 6.45) is 0. The van der Waals surface area contributed by atoms with Crippen LogP contribution in [0.1, 0.15) is 5.56 Å². The van der Waals surface area contributed by atoms with Gasteiger partial charge in [-0.25, -0.2) is 9.59 Å². The SMILES string of the molecule is CN(CCSCc1ccccc1)C(=O)NC(N)=O. The summed E-state index contributed by atoms with van der Waals surface area (Å²) < 4.78 is 0. The third-order valence-corrected chi connectivity index (χ3v) is 3.27. The second kappa shape index (κ2) is 7.60. The molecule has 3 N–H and O–H groups in total. The van der Waals surface area contributed by atoms with Crippen molar-refractivity contribution in [1.29, 1.82) is 0 Å². The van der Waals surface area contributed by atoms with Gasteiger partial charge in [-0.15, -0.1) is 0 Å². The van der Waals surface area contributed by atoms with Crippen molar-refractivity contribution < 1.29 is 9.59 Å². The molecule has 5 nitrogen and oxygen atoms in total. The molecular weight excluding hydrogens is 250 g/mol. The molecule has 0 aromatic heterocycles. The first-order valence-electron chi connectivity index (χ1n) is 5.53. The molecule has 0 fully saturated rings. The number of amides is 4. The molecule has 0 spiro atoms. The van der Waals surface area contributed by atoms with Crippen LogP contribution >= 0.6 is 11.8 Å². The van der Waals surface area contributed by atoms with Crippen molar-refractivity contribution in [2.45, 2.75) is 5.75 Å². The summed E-state index contributed by atoms with van der Waals surface area (Å²) in [4.78, 5) is 23.2. The van der Waals surface area contributed by atoms with Crippen molar-refractivity contribution >= 4 is 23.8 Å². The monoisotopic (exact) mass is 267 g/mol. The number of benzene rings is 1. The zero-order valence-corrected chi connectivity index (χ0v) is 11.1. The van der Waals surface area contributed by atoms with Crippen LogP contribution in [0, 0.1) is 0 Å². The Morgan fingerprint density at radius 2 is 2.00 bits per heavy atom. The highest BCUT2D eigenvalue weighted by atomic mass is 32.2. The van der Waals surface area contributed by atoms with Gasteiger partial charge in [0, 0.05) is 25.1 Å². The van der Waals surface area contributed by atoms with Gasteiger partial charge in [0.2, 0.25) is 0 Å². The normalized spacial score (nSPS) is 9.83. The minimum Gasteiger partial charge on any atom is -0.351 e. The van der Waals surface area contributed by atoms with Gasteiger partial charge in [0.1, 0.15) is 0 Å². The maximum Gasteiger partial charge on any atom is 0.325 e. The number of urea groups is 2. The number of hydrogen-bond acceptors (Lipinski definition) is 3. The fourth-order valence-electron chi connectivity index (χ4n) is 1.27. The van der Waals surface area contributed by atoms with E-state index in [0.717, 1.165) is 11.5 Å². The van der Waals surface area contributed by atoms with E-state index < -0.39 is 12.1 Å². The summed E-state index contributed by atoms with van der Waals surface area (Å²) >= 11 is 1.73. The molecule has 1 aromatic carbocycles. The Bertz CT molecular complexity index is 398. The van der Waals surface area contributed by atoms with E-state index in [2.05, 4.69) is 12.1 Å². The van der Waals surface area contributed by atoms with Crippen molar-refractivity contribution in [2.24, 2.45) is 5.73 Å². The number of nitrogens with one attached hydrogen (secondary N) is 1. The zero-order chi connectivity index (χ0) is 13.4. The molecule has 0 saturated heterocycles. The highest BCUT2D eigenvalue weighted by molar-refractivity contribution is 7.98. The second-order valence-electron chi connectivity index (χ2n) is 3.75. The Hall–Kier alpha value is -1.69. The summed E-state index contributed by atoms with van der Waals surface area (Å²) in [6.45, 7) is 0.566.